The average Bonchev–Trinajstić information content (AvgIpc) is 2.88. The molecule has 1 aromatic carbocycles. The van der Waals surface area contributed by atoms with Crippen LogP contribution in [0.25, 0.3) is 6.08 Å². The lowest BCUT2D eigenvalue weighted by atomic mass is 9.89. The number of benzene rings is 1. The van der Waals surface area contributed by atoms with Crippen LogP contribution >= 0.6 is 23.2 Å². The van der Waals surface area contributed by atoms with Gasteiger partial charge in [-0.1, -0.05) is 54.6 Å². The van der Waals surface area contributed by atoms with Crippen LogP contribution in [-0.2, 0) is 9.59 Å². The van der Waals surface area contributed by atoms with E-state index in [-0.39, 0.29) is 18.3 Å². The van der Waals surface area contributed by atoms with Gasteiger partial charge in [-0.15, -0.1) is 0 Å². The van der Waals surface area contributed by atoms with Gasteiger partial charge in [0.15, 0.2) is 0 Å². The van der Waals surface area contributed by atoms with Crippen molar-refractivity contribution in [3.8, 4) is 0 Å². The summed E-state index contributed by atoms with van der Waals surface area (Å²) in [4.78, 5) is 22.6. The number of hydrogen-bond donors (Lipinski definition) is 1. The molecule has 1 aliphatic rings. The summed E-state index contributed by atoms with van der Waals surface area (Å²) in [6.45, 7) is 0. The highest BCUT2D eigenvalue weighted by Gasteiger charge is 2.32. The van der Waals surface area contributed by atoms with E-state index in [1.807, 2.05) is 18.2 Å². The summed E-state index contributed by atoms with van der Waals surface area (Å²) < 4.78 is 0. The number of carbonyl (C=O) groups is 2. The van der Waals surface area contributed by atoms with Crippen molar-refractivity contribution in [1.82, 2.24) is 0 Å². The first-order chi connectivity index (χ1) is 12.0. The molecule has 0 aromatic heterocycles. The molecule has 0 bridgehead atoms. The number of carboxylic acid groups (broad SMARTS) is 1. The molecule has 2 rings (SSSR count). The first-order valence-corrected chi connectivity index (χ1v) is 9.60. The molecule has 2 unspecified atom stereocenters. The monoisotopic (exact) mass is 382 g/mol. The van der Waals surface area contributed by atoms with Gasteiger partial charge in [-0.05, 0) is 48.9 Å². The zero-order chi connectivity index (χ0) is 18.2. The van der Waals surface area contributed by atoms with E-state index in [4.69, 9.17) is 28.3 Å². The minimum atomic E-state index is -0.739. The van der Waals surface area contributed by atoms with E-state index in [0.29, 0.717) is 28.7 Å². The zero-order valence-electron chi connectivity index (χ0n) is 14.2. The normalized spacial score (nSPS) is 20.5. The lowest BCUT2D eigenvalue weighted by Crippen LogP contribution is -2.13. The minimum absolute atomic E-state index is 0.0883. The first-order valence-electron chi connectivity index (χ1n) is 8.84. The van der Waals surface area contributed by atoms with Crippen molar-refractivity contribution in [3.05, 3.63) is 39.9 Å². The topological polar surface area (TPSA) is 54.4 Å². The van der Waals surface area contributed by atoms with Gasteiger partial charge in [-0.2, -0.15) is 0 Å². The Labute approximate surface area is 159 Å². The summed E-state index contributed by atoms with van der Waals surface area (Å²) in [5, 5.41) is 9.84. The molecule has 0 radical (unpaired) electrons. The number of halogens is 2. The molecule has 1 N–H and O–H groups in total. The van der Waals surface area contributed by atoms with Gasteiger partial charge >= 0.3 is 5.97 Å². The van der Waals surface area contributed by atoms with Crippen molar-refractivity contribution in [2.45, 2.75) is 51.4 Å². The summed E-state index contributed by atoms with van der Waals surface area (Å²) in [5.74, 6) is -0.0312. The fourth-order valence-corrected chi connectivity index (χ4v) is 3.98. The SMILES string of the molecule is O=C(O)CCCCCCC1C(=O)CCC1C=Cc1cc(Cl)cc(Cl)c1. The molecule has 136 valence electrons. The number of aliphatic carboxylic acids is 1. The molecule has 1 aliphatic carbocycles. The van der Waals surface area contributed by atoms with E-state index in [1.165, 1.54) is 0 Å². The number of hydrogen-bond acceptors (Lipinski definition) is 2. The Kier molecular flexibility index (Phi) is 7.98. The lowest BCUT2D eigenvalue weighted by Gasteiger charge is -2.14. The number of carbonyl (C=O) groups excluding carboxylic acids is 1. The van der Waals surface area contributed by atoms with Crippen LogP contribution in [0.3, 0.4) is 0 Å². The molecule has 0 saturated heterocycles. The van der Waals surface area contributed by atoms with Crippen molar-refractivity contribution in [2.24, 2.45) is 11.8 Å². The van der Waals surface area contributed by atoms with Gasteiger partial charge in [0.25, 0.3) is 0 Å². The van der Waals surface area contributed by atoms with Gasteiger partial charge in [0.2, 0.25) is 0 Å². The maximum absolute atomic E-state index is 12.2. The molecule has 25 heavy (non-hydrogen) atoms. The number of Topliss-reactive ketones (excluding diaryl/α,β-unsaturated/α-hetero) is 1. The summed E-state index contributed by atoms with van der Waals surface area (Å²) in [5.41, 5.74) is 0.948. The number of allylic oxidation sites excluding steroid dienone is 1. The van der Waals surface area contributed by atoms with Crippen LogP contribution in [0, 0.1) is 11.8 Å². The van der Waals surface area contributed by atoms with Crippen LogP contribution in [0.4, 0.5) is 0 Å². The third-order valence-corrected chi connectivity index (χ3v) is 5.17. The predicted molar refractivity (Wildman–Crippen MR) is 102 cm³/mol. The molecule has 5 heteroatoms. The molecule has 3 nitrogen and oxygen atoms in total. The van der Waals surface area contributed by atoms with Crippen molar-refractivity contribution in [2.75, 3.05) is 0 Å². The van der Waals surface area contributed by atoms with Crippen LogP contribution in [0.15, 0.2) is 24.3 Å². The number of rotatable bonds is 9. The number of ketones is 1. The molecule has 0 amide bonds. The van der Waals surface area contributed by atoms with E-state index in [1.54, 1.807) is 6.07 Å². The quantitative estimate of drug-likeness (QED) is 0.530. The van der Waals surface area contributed by atoms with Crippen LogP contribution in [-0.4, -0.2) is 16.9 Å². The number of unbranched alkanes of at least 4 members (excludes halogenated alkanes) is 3. The van der Waals surface area contributed by atoms with Gasteiger partial charge in [-0.3, -0.25) is 9.59 Å². The van der Waals surface area contributed by atoms with Crippen molar-refractivity contribution < 1.29 is 14.7 Å². The van der Waals surface area contributed by atoms with Gasteiger partial charge in [0, 0.05) is 28.8 Å². The Morgan fingerprint density at radius 1 is 1.12 bits per heavy atom. The van der Waals surface area contributed by atoms with Crippen LogP contribution in [0.2, 0.25) is 10.0 Å². The molecule has 1 fully saturated rings. The van der Waals surface area contributed by atoms with Crippen LogP contribution < -0.4 is 0 Å². The van der Waals surface area contributed by atoms with Crippen molar-refractivity contribution in [3.63, 3.8) is 0 Å². The van der Waals surface area contributed by atoms with Crippen molar-refractivity contribution in [1.29, 1.82) is 0 Å². The van der Waals surface area contributed by atoms with Crippen molar-refractivity contribution >= 4 is 41.0 Å². The Morgan fingerprint density at radius 3 is 2.48 bits per heavy atom. The molecule has 1 aromatic rings. The average molecular weight is 383 g/mol. The van der Waals surface area contributed by atoms with E-state index in [9.17, 15) is 9.59 Å². The Hall–Kier alpha value is -1.32. The summed E-state index contributed by atoms with van der Waals surface area (Å²) in [6, 6.07) is 5.42. The van der Waals surface area contributed by atoms with Gasteiger partial charge in [0.1, 0.15) is 5.78 Å². The van der Waals surface area contributed by atoms with E-state index < -0.39 is 5.97 Å². The minimum Gasteiger partial charge on any atom is -0.481 e. The third kappa shape index (κ3) is 6.83. The largest absolute Gasteiger partial charge is 0.481 e. The number of carboxylic acids is 1. The highest BCUT2D eigenvalue weighted by atomic mass is 35.5. The molecule has 0 spiro atoms. The summed E-state index contributed by atoms with van der Waals surface area (Å²) in [6.07, 6.45) is 10.4. The smallest absolute Gasteiger partial charge is 0.303 e. The fourth-order valence-electron chi connectivity index (χ4n) is 3.44. The van der Waals surface area contributed by atoms with E-state index >= 15 is 0 Å². The van der Waals surface area contributed by atoms with Crippen LogP contribution in [0.1, 0.15) is 56.9 Å². The third-order valence-electron chi connectivity index (χ3n) is 4.73. The van der Waals surface area contributed by atoms with Gasteiger partial charge in [0.05, 0.1) is 0 Å². The fraction of sp³-hybridized carbons (Fsp3) is 0.500. The molecule has 0 aliphatic heterocycles. The van der Waals surface area contributed by atoms with Gasteiger partial charge < -0.3 is 5.11 Å². The predicted octanol–water partition coefficient (Wildman–Crippen LogP) is 6.03. The second-order valence-corrected chi connectivity index (χ2v) is 7.56. The lowest BCUT2D eigenvalue weighted by molar-refractivity contribution is -0.137. The molecule has 2 atom stereocenters. The molecular weight excluding hydrogens is 359 g/mol. The standard InChI is InChI=1S/C20H24Cl2O3/c21-16-11-14(12-17(22)13-16)7-8-15-9-10-19(23)18(15)5-3-1-2-4-6-20(24)25/h7-8,11-13,15,18H,1-6,9-10H2,(H,24,25). The first kappa shape index (κ1) is 20.0. The zero-order valence-corrected chi connectivity index (χ0v) is 15.7. The Bertz CT molecular complexity index is 620. The Morgan fingerprint density at radius 2 is 1.80 bits per heavy atom. The second-order valence-electron chi connectivity index (χ2n) is 6.68. The van der Waals surface area contributed by atoms with Crippen LogP contribution in [0.5, 0.6) is 0 Å². The second kappa shape index (κ2) is 9.98. The highest BCUT2D eigenvalue weighted by Crippen LogP contribution is 2.34. The Balaban J connectivity index is 1.84. The van der Waals surface area contributed by atoms with E-state index in [2.05, 4.69) is 6.08 Å². The molecule has 1 saturated carbocycles. The highest BCUT2D eigenvalue weighted by molar-refractivity contribution is 6.34. The molecular formula is C20H24Cl2O3. The maximum Gasteiger partial charge on any atom is 0.303 e. The maximum atomic E-state index is 12.2. The van der Waals surface area contributed by atoms with Gasteiger partial charge in [-0.25, -0.2) is 0 Å². The van der Waals surface area contributed by atoms with E-state index in [0.717, 1.165) is 37.7 Å². The molecule has 0 heterocycles. The summed E-state index contributed by atoms with van der Waals surface area (Å²) in [7, 11) is 0. The summed E-state index contributed by atoms with van der Waals surface area (Å²) >= 11 is 12.0.